The lowest BCUT2D eigenvalue weighted by Gasteiger charge is -2.39. The van der Waals surface area contributed by atoms with Crippen LogP contribution in [0.25, 0.3) is 0 Å². The molecule has 0 bridgehead atoms. The highest BCUT2D eigenvalue weighted by molar-refractivity contribution is 6.01. The summed E-state index contributed by atoms with van der Waals surface area (Å²) < 4.78 is 5.26. The molecule has 1 aliphatic rings. The second kappa shape index (κ2) is 4.24. The van der Waals surface area contributed by atoms with Crippen LogP contribution in [0.3, 0.4) is 0 Å². The van der Waals surface area contributed by atoms with Crippen molar-refractivity contribution < 1.29 is 9.53 Å². The van der Waals surface area contributed by atoms with E-state index in [0.29, 0.717) is 18.8 Å². The molecule has 0 atom stereocenters. The summed E-state index contributed by atoms with van der Waals surface area (Å²) in [6.45, 7) is 12.5. The molecule has 14 heavy (non-hydrogen) atoms. The molecule has 0 spiro atoms. The Labute approximate surface area is 85.7 Å². The van der Waals surface area contributed by atoms with E-state index in [1.807, 2.05) is 13.8 Å². The molecular weight excluding hydrogens is 178 g/mol. The minimum Gasteiger partial charge on any atom is -0.379 e. The first kappa shape index (κ1) is 11.4. The summed E-state index contributed by atoms with van der Waals surface area (Å²) in [5.74, 6) is 0.124. The van der Waals surface area contributed by atoms with Crippen LogP contribution in [0, 0.1) is 0 Å². The molecule has 3 heteroatoms. The summed E-state index contributed by atoms with van der Waals surface area (Å²) in [6, 6.07) is 0. The van der Waals surface area contributed by atoms with Crippen molar-refractivity contribution in [3.8, 4) is 0 Å². The Hall–Kier alpha value is -0.670. The number of ketones is 1. The number of hydrogen-bond acceptors (Lipinski definition) is 3. The zero-order valence-corrected chi connectivity index (χ0v) is 9.30. The van der Waals surface area contributed by atoms with Crippen LogP contribution in [0.1, 0.15) is 20.8 Å². The van der Waals surface area contributed by atoms with Gasteiger partial charge in [0.2, 0.25) is 0 Å². The van der Waals surface area contributed by atoms with Crippen LogP contribution in [-0.4, -0.2) is 42.5 Å². The topological polar surface area (TPSA) is 29.5 Å². The molecule has 1 saturated heterocycles. The van der Waals surface area contributed by atoms with Crippen molar-refractivity contribution in [2.75, 3.05) is 26.3 Å². The van der Waals surface area contributed by atoms with Crippen LogP contribution in [0.2, 0.25) is 0 Å². The van der Waals surface area contributed by atoms with Crippen molar-refractivity contribution in [3.05, 3.63) is 12.2 Å². The fraction of sp³-hybridized carbons (Fsp3) is 0.727. The number of ether oxygens (including phenoxy) is 1. The minimum atomic E-state index is -0.435. The molecule has 80 valence electrons. The maximum atomic E-state index is 11.9. The summed E-state index contributed by atoms with van der Waals surface area (Å²) >= 11 is 0. The van der Waals surface area contributed by atoms with E-state index < -0.39 is 5.54 Å². The zero-order valence-electron chi connectivity index (χ0n) is 9.30. The van der Waals surface area contributed by atoms with Crippen molar-refractivity contribution >= 4 is 5.78 Å². The normalized spacial score (nSPS) is 19.4. The van der Waals surface area contributed by atoms with Gasteiger partial charge in [0.15, 0.2) is 5.78 Å². The highest BCUT2D eigenvalue weighted by Crippen LogP contribution is 2.20. The number of carbonyl (C=O) groups is 1. The fourth-order valence-corrected chi connectivity index (χ4v) is 1.79. The molecule has 0 unspecified atom stereocenters. The molecule has 0 aromatic carbocycles. The smallest absolute Gasteiger partial charge is 0.177 e. The average molecular weight is 197 g/mol. The molecule has 1 rings (SSSR count). The molecule has 0 saturated carbocycles. The van der Waals surface area contributed by atoms with Gasteiger partial charge in [-0.1, -0.05) is 6.58 Å². The predicted molar refractivity (Wildman–Crippen MR) is 56.3 cm³/mol. The Morgan fingerprint density at radius 3 is 2.29 bits per heavy atom. The molecule has 0 aliphatic carbocycles. The maximum Gasteiger partial charge on any atom is 0.177 e. The van der Waals surface area contributed by atoms with Crippen LogP contribution in [-0.2, 0) is 9.53 Å². The third-order valence-electron chi connectivity index (χ3n) is 2.74. The van der Waals surface area contributed by atoms with E-state index in [4.69, 9.17) is 4.74 Å². The minimum absolute atomic E-state index is 0.124. The van der Waals surface area contributed by atoms with E-state index in [1.54, 1.807) is 6.92 Å². The average Bonchev–Trinajstić information content (AvgIpc) is 2.18. The summed E-state index contributed by atoms with van der Waals surface area (Å²) in [5.41, 5.74) is 0.191. The zero-order chi connectivity index (χ0) is 10.8. The van der Waals surface area contributed by atoms with Crippen molar-refractivity contribution in [1.82, 2.24) is 4.90 Å². The first-order valence-electron chi connectivity index (χ1n) is 4.99. The monoisotopic (exact) mass is 197 g/mol. The molecule has 1 heterocycles. The lowest BCUT2D eigenvalue weighted by Crippen LogP contribution is -2.54. The van der Waals surface area contributed by atoms with Gasteiger partial charge in [0.1, 0.15) is 0 Å². The first-order valence-corrected chi connectivity index (χ1v) is 4.99. The van der Waals surface area contributed by atoms with Gasteiger partial charge in [0, 0.05) is 13.1 Å². The first-order chi connectivity index (χ1) is 6.46. The quantitative estimate of drug-likeness (QED) is 0.638. The number of hydrogen-bond donors (Lipinski definition) is 0. The summed E-state index contributed by atoms with van der Waals surface area (Å²) in [5, 5.41) is 0. The lowest BCUT2D eigenvalue weighted by molar-refractivity contribution is -0.128. The molecule has 0 aromatic rings. The van der Waals surface area contributed by atoms with Crippen molar-refractivity contribution in [1.29, 1.82) is 0 Å². The number of carbonyl (C=O) groups excluding carboxylic acids is 1. The third-order valence-corrected chi connectivity index (χ3v) is 2.74. The molecule has 1 aliphatic heterocycles. The number of nitrogens with zero attached hydrogens (tertiary/aromatic N) is 1. The molecule has 0 amide bonds. The highest BCUT2D eigenvalue weighted by Gasteiger charge is 2.35. The highest BCUT2D eigenvalue weighted by atomic mass is 16.5. The van der Waals surface area contributed by atoms with Gasteiger partial charge in [-0.3, -0.25) is 9.69 Å². The number of rotatable bonds is 3. The molecule has 0 radical (unpaired) electrons. The van der Waals surface area contributed by atoms with E-state index in [-0.39, 0.29) is 5.78 Å². The van der Waals surface area contributed by atoms with Crippen LogP contribution >= 0.6 is 0 Å². The third kappa shape index (κ3) is 2.22. The SMILES string of the molecule is C=C(C)C(=O)C(C)(C)N1CCOCC1. The summed E-state index contributed by atoms with van der Waals surface area (Å²) in [6.07, 6.45) is 0. The summed E-state index contributed by atoms with van der Waals surface area (Å²) in [4.78, 5) is 14.0. The van der Waals surface area contributed by atoms with Gasteiger partial charge in [-0.05, 0) is 26.3 Å². The standard InChI is InChI=1S/C11H19NO2/c1-9(2)10(13)11(3,4)12-5-7-14-8-6-12/h1,5-8H2,2-4H3. The largest absolute Gasteiger partial charge is 0.379 e. The van der Waals surface area contributed by atoms with Crippen LogP contribution in [0.4, 0.5) is 0 Å². The van der Waals surface area contributed by atoms with Gasteiger partial charge in [-0.2, -0.15) is 0 Å². The van der Waals surface area contributed by atoms with Crippen LogP contribution < -0.4 is 0 Å². The predicted octanol–water partition coefficient (Wildman–Crippen LogP) is 1.24. The van der Waals surface area contributed by atoms with Gasteiger partial charge in [-0.15, -0.1) is 0 Å². The second-order valence-corrected chi connectivity index (χ2v) is 4.27. The lowest BCUT2D eigenvalue weighted by atomic mass is 9.92. The molecule has 3 nitrogen and oxygen atoms in total. The van der Waals surface area contributed by atoms with Gasteiger partial charge < -0.3 is 4.74 Å². The Balaban J connectivity index is 2.71. The van der Waals surface area contributed by atoms with Gasteiger partial charge >= 0.3 is 0 Å². The van der Waals surface area contributed by atoms with E-state index in [9.17, 15) is 4.79 Å². The molecule has 0 N–H and O–H groups in total. The molecule has 1 fully saturated rings. The molecule has 0 aromatic heterocycles. The van der Waals surface area contributed by atoms with Gasteiger partial charge in [0.25, 0.3) is 0 Å². The van der Waals surface area contributed by atoms with E-state index in [2.05, 4.69) is 11.5 Å². The Kier molecular flexibility index (Phi) is 3.45. The maximum absolute atomic E-state index is 11.9. The van der Waals surface area contributed by atoms with E-state index >= 15 is 0 Å². The molecular formula is C11H19NO2. The summed E-state index contributed by atoms with van der Waals surface area (Å²) in [7, 11) is 0. The number of morpholine rings is 1. The Morgan fingerprint density at radius 2 is 1.86 bits per heavy atom. The van der Waals surface area contributed by atoms with Crippen molar-refractivity contribution in [2.45, 2.75) is 26.3 Å². The van der Waals surface area contributed by atoms with Crippen LogP contribution in [0.15, 0.2) is 12.2 Å². The fourth-order valence-electron chi connectivity index (χ4n) is 1.79. The second-order valence-electron chi connectivity index (χ2n) is 4.27. The Bertz CT molecular complexity index is 240. The van der Waals surface area contributed by atoms with Gasteiger partial charge in [-0.25, -0.2) is 0 Å². The van der Waals surface area contributed by atoms with Crippen LogP contribution in [0.5, 0.6) is 0 Å². The van der Waals surface area contributed by atoms with E-state index in [0.717, 1.165) is 13.1 Å². The van der Waals surface area contributed by atoms with Crippen molar-refractivity contribution in [2.24, 2.45) is 0 Å². The Morgan fingerprint density at radius 1 is 1.36 bits per heavy atom. The van der Waals surface area contributed by atoms with Crippen molar-refractivity contribution in [3.63, 3.8) is 0 Å². The number of Topliss-reactive ketones (excluding diaryl/α,β-unsaturated/α-hetero) is 1. The van der Waals surface area contributed by atoms with Gasteiger partial charge in [0.05, 0.1) is 18.8 Å². The van der Waals surface area contributed by atoms with E-state index in [1.165, 1.54) is 0 Å².